The number of amides is 3. The first-order chi connectivity index (χ1) is 15.0. The summed E-state index contributed by atoms with van der Waals surface area (Å²) in [6, 6.07) is 11.9. The number of nitrogens with zero attached hydrogens (tertiary/aromatic N) is 2. The number of imide groups is 1. The molecular weight excluding hydrogens is 418 g/mol. The number of nitrogens with one attached hydrogen (secondary N) is 1. The van der Waals surface area contributed by atoms with Crippen molar-refractivity contribution < 1.29 is 19.1 Å². The zero-order valence-corrected chi connectivity index (χ0v) is 17.6. The van der Waals surface area contributed by atoms with Gasteiger partial charge in [-0.1, -0.05) is 11.6 Å². The maximum Gasteiger partial charge on any atom is 0.250 e. The molecule has 3 amide bonds. The van der Waals surface area contributed by atoms with E-state index in [-0.39, 0.29) is 23.8 Å². The van der Waals surface area contributed by atoms with Gasteiger partial charge in [-0.2, -0.15) is 0 Å². The Kier molecular flexibility index (Phi) is 3.83. The van der Waals surface area contributed by atoms with E-state index in [0.29, 0.717) is 28.7 Å². The Labute approximate surface area is 183 Å². The maximum absolute atomic E-state index is 13.8. The fourth-order valence-electron chi connectivity index (χ4n) is 6.15. The van der Waals surface area contributed by atoms with Crippen LogP contribution in [0.15, 0.2) is 42.5 Å². The van der Waals surface area contributed by atoms with E-state index in [1.54, 1.807) is 43.5 Å². The molecule has 3 fully saturated rings. The Morgan fingerprint density at radius 3 is 2.61 bits per heavy atom. The smallest absolute Gasteiger partial charge is 0.250 e. The molecule has 4 aliphatic rings. The van der Waals surface area contributed by atoms with Crippen molar-refractivity contribution in [1.29, 1.82) is 0 Å². The Morgan fingerprint density at radius 2 is 1.87 bits per heavy atom. The van der Waals surface area contributed by atoms with Gasteiger partial charge in [-0.15, -0.1) is 0 Å². The molecule has 2 aromatic rings. The second-order valence-corrected chi connectivity index (χ2v) is 8.96. The summed E-state index contributed by atoms with van der Waals surface area (Å²) in [5, 5.41) is 3.49. The number of anilines is 2. The highest BCUT2D eigenvalue weighted by molar-refractivity contribution is 6.31. The van der Waals surface area contributed by atoms with E-state index in [2.05, 4.69) is 10.2 Å². The number of fused-ring (bicyclic) bond motifs is 7. The second-order valence-electron chi connectivity index (χ2n) is 8.53. The number of methoxy groups -OCH3 is 1. The van der Waals surface area contributed by atoms with Gasteiger partial charge in [-0.05, 0) is 61.9 Å². The number of halogens is 1. The minimum atomic E-state index is -1.20. The van der Waals surface area contributed by atoms with E-state index in [4.69, 9.17) is 16.3 Å². The van der Waals surface area contributed by atoms with Gasteiger partial charge < -0.3 is 10.1 Å². The highest BCUT2D eigenvalue weighted by Crippen LogP contribution is 2.61. The summed E-state index contributed by atoms with van der Waals surface area (Å²) in [7, 11) is 1.57. The van der Waals surface area contributed by atoms with Gasteiger partial charge in [0.05, 0.1) is 24.6 Å². The number of hydrogen-bond acceptors (Lipinski definition) is 5. The van der Waals surface area contributed by atoms with Crippen LogP contribution in [0.5, 0.6) is 5.75 Å². The maximum atomic E-state index is 13.8. The van der Waals surface area contributed by atoms with Gasteiger partial charge in [0.1, 0.15) is 11.3 Å². The average Bonchev–Trinajstić information content (AvgIpc) is 3.47. The lowest BCUT2D eigenvalue weighted by molar-refractivity contribution is -0.135. The van der Waals surface area contributed by atoms with Gasteiger partial charge in [0.2, 0.25) is 17.7 Å². The summed E-state index contributed by atoms with van der Waals surface area (Å²) in [6.07, 6.45) is 1.66. The van der Waals surface area contributed by atoms with Gasteiger partial charge >= 0.3 is 0 Å². The molecule has 4 heterocycles. The van der Waals surface area contributed by atoms with Crippen molar-refractivity contribution in [3.8, 4) is 5.75 Å². The Hall–Kier alpha value is -2.90. The summed E-state index contributed by atoms with van der Waals surface area (Å²) in [5.74, 6) is -1.55. The number of carbonyl (C=O) groups excluding carboxylic acids is 3. The number of carbonyl (C=O) groups is 3. The zero-order valence-electron chi connectivity index (χ0n) is 16.8. The molecule has 1 spiro atoms. The first-order valence-corrected chi connectivity index (χ1v) is 10.8. The fraction of sp³-hybridized carbons (Fsp3) is 0.348. The third-order valence-corrected chi connectivity index (χ3v) is 7.54. The summed E-state index contributed by atoms with van der Waals surface area (Å²) in [6.45, 7) is 0.670. The third kappa shape index (κ3) is 2.20. The van der Waals surface area contributed by atoms with Gasteiger partial charge in [0.15, 0.2) is 0 Å². The van der Waals surface area contributed by atoms with Crippen LogP contribution in [-0.2, 0) is 19.9 Å². The lowest BCUT2D eigenvalue weighted by Crippen LogP contribution is -2.54. The van der Waals surface area contributed by atoms with Crippen LogP contribution in [-0.4, -0.2) is 42.3 Å². The molecule has 0 bridgehead atoms. The quantitative estimate of drug-likeness (QED) is 0.731. The van der Waals surface area contributed by atoms with Crippen molar-refractivity contribution in [2.75, 3.05) is 23.9 Å². The van der Waals surface area contributed by atoms with Gasteiger partial charge in [-0.3, -0.25) is 19.3 Å². The third-order valence-electron chi connectivity index (χ3n) is 7.28. The predicted octanol–water partition coefficient (Wildman–Crippen LogP) is 2.78. The average molecular weight is 438 g/mol. The largest absolute Gasteiger partial charge is 0.497 e. The van der Waals surface area contributed by atoms with E-state index >= 15 is 0 Å². The SMILES string of the molecule is COc1ccc2c(c1)[C@]1(C(=O)N2)[C@@H]2C(=O)N(c3ccc(Cl)cc3)C(=O)[C@@H]2[C@H]2CCCN21. The van der Waals surface area contributed by atoms with Crippen LogP contribution in [0.3, 0.4) is 0 Å². The summed E-state index contributed by atoms with van der Waals surface area (Å²) >= 11 is 6.00. The molecule has 0 aliphatic carbocycles. The zero-order chi connectivity index (χ0) is 21.5. The molecule has 6 rings (SSSR count). The van der Waals surface area contributed by atoms with E-state index < -0.39 is 17.4 Å². The van der Waals surface area contributed by atoms with Crippen molar-refractivity contribution in [2.24, 2.45) is 11.8 Å². The molecule has 8 heteroatoms. The monoisotopic (exact) mass is 437 g/mol. The van der Waals surface area contributed by atoms with E-state index in [1.807, 2.05) is 6.07 Å². The molecule has 0 aromatic heterocycles. The molecular formula is C23H20ClN3O4. The first-order valence-electron chi connectivity index (χ1n) is 10.4. The normalized spacial score (nSPS) is 31.2. The molecule has 4 atom stereocenters. The number of hydrogen-bond donors (Lipinski definition) is 1. The van der Waals surface area contributed by atoms with Crippen LogP contribution in [0.2, 0.25) is 5.02 Å². The molecule has 2 aromatic carbocycles. The molecule has 0 unspecified atom stereocenters. The van der Waals surface area contributed by atoms with Crippen LogP contribution >= 0.6 is 11.6 Å². The van der Waals surface area contributed by atoms with Crippen molar-refractivity contribution in [3.63, 3.8) is 0 Å². The summed E-state index contributed by atoms with van der Waals surface area (Å²) < 4.78 is 5.42. The van der Waals surface area contributed by atoms with Crippen LogP contribution in [0.25, 0.3) is 0 Å². The number of rotatable bonds is 2. The first kappa shape index (κ1) is 18.8. The van der Waals surface area contributed by atoms with E-state index in [0.717, 1.165) is 18.4 Å². The molecule has 31 heavy (non-hydrogen) atoms. The molecule has 4 aliphatic heterocycles. The van der Waals surface area contributed by atoms with Crippen LogP contribution in [0.4, 0.5) is 11.4 Å². The predicted molar refractivity (Wildman–Crippen MR) is 114 cm³/mol. The highest BCUT2D eigenvalue weighted by atomic mass is 35.5. The minimum absolute atomic E-state index is 0.151. The van der Waals surface area contributed by atoms with Crippen LogP contribution in [0, 0.1) is 11.8 Å². The van der Waals surface area contributed by atoms with Crippen molar-refractivity contribution in [1.82, 2.24) is 4.90 Å². The summed E-state index contributed by atoms with van der Waals surface area (Å²) in [4.78, 5) is 44.3. The molecule has 0 saturated carbocycles. The van der Waals surface area contributed by atoms with Crippen molar-refractivity contribution in [3.05, 3.63) is 53.1 Å². The molecule has 1 N–H and O–H groups in total. The Balaban J connectivity index is 1.55. The van der Waals surface area contributed by atoms with Crippen LogP contribution < -0.4 is 15.0 Å². The molecule has 158 valence electrons. The Bertz CT molecular complexity index is 1150. The topological polar surface area (TPSA) is 79.0 Å². The molecule has 7 nitrogen and oxygen atoms in total. The fourth-order valence-corrected chi connectivity index (χ4v) is 6.28. The minimum Gasteiger partial charge on any atom is -0.497 e. The number of benzene rings is 2. The lowest BCUT2D eigenvalue weighted by atomic mass is 9.75. The second kappa shape index (κ2) is 6.31. The van der Waals surface area contributed by atoms with E-state index in [1.165, 1.54) is 4.90 Å². The standard InChI is InChI=1S/C23H20ClN3O4/c1-31-14-8-9-16-15(11-14)23(22(30)25-16)19-18(17-3-2-10-26(17)23)20(28)27(21(19)29)13-6-4-12(24)5-7-13/h4-9,11,17-19H,2-3,10H2,1H3,(H,25,30)/t17-,18-,19+,23-/m1/s1. The molecule has 0 radical (unpaired) electrons. The Morgan fingerprint density at radius 1 is 1.10 bits per heavy atom. The highest BCUT2D eigenvalue weighted by Gasteiger charge is 2.74. The van der Waals surface area contributed by atoms with E-state index in [9.17, 15) is 14.4 Å². The van der Waals surface area contributed by atoms with Crippen molar-refractivity contribution >= 4 is 40.7 Å². The van der Waals surface area contributed by atoms with Crippen molar-refractivity contribution in [2.45, 2.75) is 24.4 Å². The van der Waals surface area contributed by atoms with Crippen LogP contribution in [0.1, 0.15) is 18.4 Å². The number of ether oxygens (including phenoxy) is 1. The summed E-state index contributed by atoms with van der Waals surface area (Å²) in [5.41, 5.74) is 0.666. The van der Waals surface area contributed by atoms with Gasteiger partial charge in [-0.25, -0.2) is 4.90 Å². The lowest BCUT2D eigenvalue weighted by Gasteiger charge is -2.36. The van der Waals surface area contributed by atoms with Gasteiger partial charge in [0, 0.05) is 22.3 Å². The van der Waals surface area contributed by atoms with Gasteiger partial charge in [0.25, 0.3) is 0 Å². The molecule has 3 saturated heterocycles.